The van der Waals surface area contributed by atoms with E-state index in [0.717, 1.165) is 21.7 Å². The molecular formula is C17H19FN2O3S. The van der Waals surface area contributed by atoms with Crippen LogP contribution in [0.15, 0.2) is 42.5 Å². The van der Waals surface area contributed by atoms with Gasteiger partial charge in [-0.1, -0.05) is 24.3 Å². The Kier molecular flexibility index (Phi) is 5.23. The maximum atomic E-state index is 13.6. The van der Waals surface area contributed by atoms with Gasteiger partial charge in [-0.2, -0.15) is 0 Å². The van der Waals surface area contributed by atoms with Crippen LogP contribution in [0.2, 0.25) is 0 Å². The second-order valence-corrected chi connectivity index (χ2v) is 7.42. The highest BCUT2D eigenvalue weighted by molar-refractivity contribution is 7.92. The summed E-state index contributed by atoms with van der Waals surface area (Å²) in [4.78, 5) is 12.2. The fraction of sp³-hybridized carbons (Fsp3) is 0.235. The second-order valence-electron chi connectivity index (χ2n) is 5.52. The Morgan fingerprint density at radius 2 is 1.79 bits per heavy atom. The van der Waals surface area contributed by atoms with E-state index in [1.165, 1.54) is 18.2 Å². The number of nitrogens with one attached hydrogen (secondary N) is 1. The van der Waals surface area contributed by atoms with Gasteiger partial charge in [-0.15, -0.1) is 0 Å². The first-order valence-corrected chi connectivity index (χ1v) is 9.13. The van der Waals surface area contributed by atoms with Crippen LogP contribution in [0.4, 0.5) is 15.8 Å². The summed E-state index contributed by atoms with van der Waals surface area (Å²) in [7, 11) is -3.68. The summed E-state index contributed by atoms with van der Waals surface area (Å²) in [6.45, 7) is 3.22. The number of hydrogen-bond acceptors (Lipinski definition) is 3. The maximum Gasteiger partial charge on any atom is 0.245 e. The van der Waals surface area contributed by atoms with E-state index in [1.807, 2.05) is 13.0 Å². The number of hydrogen-bond donors (Lipinski definition) is 1. The molecule has 2 aromatic rings. The average Bonchev–Trinajstić information content (AvgIpc) is 2.49. The lowest BCUT2D eigenvalue weighted by Gasteiger charge is -2.24. The molecule has 0 aromatic heterocycles. The van der Waals surface area contributed by atoms with Crippen LogP contribution in [0.25, 0.3) is 0 Å². The van der Waals surface area contributed by atoms with Crippen molar-refractivity contribution in [1.82, 2.24) is 0 Å². The molecule has 0 atom stereocenters. The van der Waals surface area contributed by atoms with Gasteiger partial charge in [0.25, 0.3) is 0 Å². The molecule has 128 valence electrons. The van der Waals surface area contributed by atoms with Gasteiger partial charge in [0.2, 0.25) is 15.9 Å². The Morgan fingerprint density at radius 1 is 1.12 bits per heavy atom. The van der Waals surface area contributed by atoms with Crippen molar-refractivity contribution >= 4 is 27.3 Å². The molecule has 0 spiro atoms. The second kappa shape index (κ2) is 7.00. The fourth-order valence-corrected chi connectivity index (χ4v) is 3.18. The van der Waals surface area contributed by atoms with E-state index < -0.39 is 28.3 Å². The van der Waals surface area contributed by atoms with Gasteiger partial charge in [0.15, 0.2) is 0 Å². The van der Waals surface area contributed by atoms with Gasteiger partial charge in [-0.3, -0.25) is 9.10 Å². The molecule has 0 aliphatic rings. The Morgan fingerprint density at radius 3 is 2.42 bits per heavy atom. The highest BCUT2D eigenvalue weighted by Gasteiger charge is 2.23. The number of carbonyl (C=O) groups excluding carboxylic acids is 1. The minimum absolute atomic E-state index is 0.0110. The molecule has 2 aromatic carbocycles. The maximum absolute atomic E-state index is 13.6. The molecule has 0 saturated carbocycles. The number of aryl methyl sites for hydroxylation is 1. The number of anilines is 2. The van der Waals surface area contributed by atoms with Crippen molar-refractivity contribution in [3.8, 4) is 0 Å². The standard InChI is InChI=1S/C17H19FN2O3S/c1-12-7-6-10-16(13(12)2)20(24(3,22)23)11-17(21)19-15-9-5-4-8-14(15)18/h4-10H,11H2,1-3H3,(H,19,21). The summed E-state index contributed by atoms with van der Waals surface area (Å²) in [5.41, 5.74) is 2.12. The number of amides is 1. The molecule has 2 rings (SSSR count). The Labute approximate surface area is 141 Å². The van der Waals surface area contributed by atoms with E-state index >= 15 is 0 Å². The molecule has 0 unspecified atom stereocenters. The number of nitrogens with zero attached hydrogens (tertiary/aromatic N) is 1. The molecule has 5 nitrogen and oxygen atoms in total. The zero-order chi connectivity index (χ0) is 17.9. The topological polar surface area (TPSA) is 66.5 Å². The quantitative estimate of drug-likeness (QED) is 0.902. The molecule has 0 aliphatic heterocycles. The molecule has 0 radical (unpaired) electrons. The zero-order valence-electron chi connectivity index (χ0n) is 13.7. The molecule has 0 bridgehead atoms. The third kappa shape index (κ3) is 4.11. The molecule has 1 N–H and O–H groups in total. The number of halogens is 1. The minimum Gasteiger partial charge on any atom is -0.322 e. The summed E-state index contributed by atoms with van der Waals surface area (Å²) < 4.78 is 38.9. The first-order chi connectivity index (χ1) is 11.2. The van der Waals surface area contributed by atoms with Gasteiger partial charge in [-0.05, 0) is 43.2 Å². The smallest absolute Gasteiger partial charge is 0.245 e. The molecule has 0 heterocycles. The summed E-state index contributed by atoms with van der Waals surface area (Å²) in [6, 6.07) is 10.9. The molecule has 7 heteroatoms. The Bertz CT molecular complexity index is 866. The lowest BCUT2D eigenvalue weighted by atomic mass is 10.1. The van der Waals surface area contributed by atoms with E-state index in [0.29, 0.717) is 5.69 Å². The number of para-hydroxylation sites is 1. The largest absolute Gasteiger partial charge is 0.322 e. The van der Waals surface area contributed by atoms with Gasteiger partial charge in [-0.25, -0.2) is 12.8 Å². The van der Waals surface area contributed by atoms with Crippen molar-refractivity contribution in [3.63, 3.8) is 0 Å². The van der Waals surface area contributed by atoms with Crippen LogP contribution in [-0.2, 0) is 14.8 Å². The minimum atomic E-state index is -3.68. The predicted octanol–water partition coefficient (Wildman–Crippen LogP) is 2.85. The average molecular weight is 350 g/mol. The summed E-state index contributed by atoms with van der Waals surface area (Å²) in [5, 5.41) is 2.40. The zero-order valence-corrected chi connectivity index (χ0v) is 14.5. The number of carbonyl (C=O) groups is 1. The third-order valence-corrected chi connectivity index (χ3v) is 4.81. The van der Waals surface area contributed by atoms with E-state index in [-0.39, 0.29) is 5.69 Å². The van der Waals surface area contributed by atoms with Gasteiger partial charge >= 0.3 is 0 Å². The molecule has 0 saturated heterocycles. The van der Waals surface area contributed by atoms with Crippen LogP contribution < -0.4 is 9.62 Å². The van der Waals surface area contributed by atoms with Crippen molar-refractivity contribution in [1.29, 1.82) is 0 Å². The van der Waals surface area contributed by atoms with Crippen LogP contribution in [0.1, 0.15) is 11.1 Å². The number of rotatable bonds is 5. The van der Waals surface area contributed by atoms with Gasteiger partial charge in [0.05, 0.1) is 17.6 Å². The van der Waals surface area contributed by atoms with Gasteiger partial charge in [0.1, 0.15) is 12.4 Å². The first-order valence-electron chi connectivity index (χ1n) is 7.28. The lowest BCUT2D eigenvalue weighted by molar-refractivity contribution is -0.114. The van der Waals surface area contributed by atoms with Crippen LogP contribution in [-0.4, -0.2) is 27.1 Å². The van der Waals surface area contributed by atoms with Crippen molar-refractivity contribution < 1.29 is 17.6 Å². The molecule has 24 heavy (non-hydrogen) atoms. The van der Waals surface area contributed by atoms with E-state index in [2.05, 4.69) is 5.32 Å². The SMILES string of the molecule is Cc1cccc(N(CC(=O)Nc2ccccc2F)S(C)(=O)=O)c1C. The fourth-order valence-electron chi connectivity index (χ4n) is 2.27. The van der Waals surface area contributed by atoms with E-state index in [9.17, 15) is 17.6 Å². The van der Waals surface area contributed by atoms with Crippen LogP contribution in [0.5, 0.6) is 0 Å². The number of sulfonamides is 1. The summed E-state index contributed by atoms with van der Waals surface area (Å²) in [6.07, 6.45) is 1.03. The van der Waals surface area contributed by atoms with Gasteiger partial charge < -0.3 is 5.32 Å². The molecule has 0 fully saturated rings. The molecule has 1 amide bonds. The third-order valence-electron chi connectivity index (χ3n) is 3.68. The van der Waals surface area contributed by atoms with Crippen LogP contribution >= 0.6 is 0 Å². The summed E-state index contributed by atoms with van der Waals surface area (Å²) >= 11 is 0. The van der Waals surface area contributed by atoms with Crippen molar-refractivity contribution in [2.45, 2.75) is 13.8 Å². The Balaban J connectivity index is 2.29. The lowest BCUT2D eigenvalue weighted by Crippen LogP contribution is -2.38. The Hall–Kier alpha value is -2.41. The van der Waals surface area contributed by atoms with Crippen LogP contribution in [0, 0.1) is 19.7 Å². The first kappa shape index (κ1) is 17.9. The molecule has 0 aliphatic carbocycles. The number of benzene rings is 2. The van der Waals surface area contributed by atoms with Crippen LogP contribution in [0.3, 0.4) is 0 Å². The van der Waals surface area contributed by atoms with E-state index in [1.54, 1.807) is 25.1 Å². The molecular weight excluding hydrogens is 331 g/mol. The van der Waals surface area contributed by atoms with E-state index in [4.69, 9.17) is 0 Å². The van der Waals surface area contributed by atoms with Crippen molar-refractivity contribution in [2.24, 2.45) is 0 Å². The van der Waals surface area contributed by atoms with Crippen molar-refractivity contribution in [3.05, 3.63) is 59.4 Å². The highest BCUT2D eigenvalue weighted by atomic mass is 32.2. The van der Waals surface area contributed by atoms with Crippen molar-refractivity contribution in [2.75, 3.05) is 22.4 Å². The van der Waals surface area contributed by atoms with Gasteiger partial charge in [0, 0.05) is 0 Å². The monoisotopic (exact) mass is 350 g/mol. The predicted molar refractivity (Wildman–Crippen MR) is 93.1 cm³/mol. The highest BCUT2D eigenvalue weighted by Crippen LogP contribution is 2.25. The normalized spacial score (nSPS) is 11.2. The summed E-state index contributed by atoms with van der Waals surface area (Å²) in [5.74, 6) is -1.20.